The Balaban J connectivity index is 2.64. The maximum Gasteiger partial charge on any atom is 0.0524 e. The van der Waals surface area contributed by atoms with Crippen molar-refractivity contribution in [1.29, 1.82) is 0 Å². The molecule has 0 fully saturated rings. The summed E-state index contributed by atoms with van der Waals surface area (Å²) < 4.78 is 1.99. The van der Waals surface area contributed by atoms with Crippen LogP contribution in [-0.4, -0.2) is 15.2 Å². The topological polar surface area (TPSA) is 17.8 Å². The first-order chi connectivity index (χ1) is 5.59. The molecule has 0 radical (unpaired) electrons. The van der Waals surface area contributed by atoms with Crippen LogP contribution in [0.2, 0.25) is 0 Å². The predicted octanol–water partition coefficient (Wildman–Crippen LogP) is 2.08. The molecule has 1 rings (SSSR count). The number of rotatable bonds is 3. The third-order valence-corrected chi connectivity index (χ3v) is 2.14. The summed E-state index contributed by atoms with van der Waals surface area (Å²) >= 11 is 0. The lowest BCUT2D eigenvalue weighted by atomic mass is 10.1. The van der Waals surface area contributed by atoms with Crippen LogP contribution in [0.1, 0.15) is 25.3 Å². The minimum absolute atomic E-state index is 0.505. The SMILES string of the molecule is CC(C)c1cnn(CC(P)P)c1. The van der Waals surface area contributed by atoms with Gasteiger partial charge in [0.15, 0.2) is 0 Å². The molecule has 2 unspecified atom stereocenters. The summed E-state index contributed by atoms with van der Waals surface area (Å²) in [7, 11) is 5.48. The molecule has 2 atom stereocenters. The second-order valence-corrected chi connectivity index (χ2v) is 5.80. The summed E-state index contributed by atoms with van der Waals surface area (Å²) in [4.78, 5) is 0. The van der Waals surface area contributed by atoms with Crippen molar-refractivity contribution in [2.24, 2.45) is 0 Å². The summed E-state index contributed by atoms with van der Waals surface area (Å²) in [6, 6.07) is 0. The maximum absolute atomic E-state index is 4.27. The highest BCUT2D eigenvalue weighted by molar-refractivity contribution is 7.37. The zero-order chi connectivity index (χ0) is 9.14. The second-order valence-electron chi connectivity index (χ2n) is 3.31. The van der Waals surface area contributed by atoms with Gasteiger partial charge in [0.1, 0.15) is 0 Å². The molecular formula is C8H16N2P2. The van der Waals surface area contributed by atoms with E-state index in [1.54, 1.807) is 0 Å². The Morgan fingerprint density at radius 3 is 2.58 bits per heavy atom. The second kappa shape index (κ2) is 4.35. The summed E-state index contributed by atoms with van der Waals surface area (Å²) in [5, 5.41) is 4.77. The normalized spacial score (nSPS) is 11.5. The molecule has 0 aromatic carbocycles. The largest absolute Gasteiger partial charge is 0.272 e. The fourth-order valence-corrected chi connectivity index (χ4v) is 1.43. The first-order valence-corrected chi connectivity index (χ1v) is 5.46. The average Bonchev–Trinajstić information content (AvgIpc) is 2.34. The van der Waals surface area contributed by atoms with E-state index in [9.17, 15) is 0 Å². The third-order valence-electron chi connectivity index (χ3n) is 1.72. The number of aromatic nitrogens is 2. The first kappa shape index (κ1) is 10.2. The summed E-state index contributed by atoms with van der Waals surface area (Å²) in [6.45, 7) is 5.31. The standard InChI is InChI=1S/C8H16N2P2/c1-6(2)7-3-9-10(4-7)5-8(11)12/h3-4,6,8H,5,11-12H2,1-2H3. The Labute approximate surface area is 78.5 Å². The van der Waals surface area contributed by atoms with Crippen molar-refractivity contribution in [3.05, 3.63) is 18.0 Å². The Morgan fingerprint density at radius 2 is 2.17 bits per heavy atom. The molecule has 0 aliphatic heterocycles. The monoisotopic (exact) mass is 202 g/mol. The number of hydrogen-bond acceptors (Lipinski definition) is 1. The van der Waals surface area contributed by atoms with Crippen LogP contribution in [0.4, 0.5) is 0 Å². The zero-order valence-corrected chi connectivity index (χ0v) is 9.88. The molecule has 0 spiro atoms. The first-order valence-electron chi connectivity index (χ1n) is 4.13. The average molecular weight is 202 g/mol. The van der Waals surface area contributed by atoms with Gasteiger partial charge in [-0.25, -0.2) is 0 Å². The molecule has 4 heteroatoms. The number of hydrogen-bond donors (Lipinski definition) is 0. The lowest BCUT2D eigenvalue weighted by Gasteiger charge is -2.03. The van der Waals surface area contributed by atoms with Gasteiger partial charge in [-0.2, -0.15) is 5.10 Å². The fraction of sp³-hybridized carbons (Fsp3) is 0.625. The highest BCUT2D eigenvalue weighted by Crippen LogP contribution is 2.15. The number of nitrogens with zero attached hydrogens (tertiary/aromatic N) is 2. The van der Waals surface area contributed by atoms with Crippen molar-refractivity contribution in [2.75, 3.05) is 0 Å². The van der Waals surface area contributed by atoms with E-state index < -0.39 is 0 Å². The van der Waals surface area contributed by atoms with Gasteiger partial charge in [0.05, 0.1) is 12.7 Å². The minimum atomic E-state index is 0.505. The Hall–Kier alpha value is 0.0700. The molecule has 0 bridgehead atoms. The molecule has 0 aliphatic carbocycles. The summed E-state index contributed by atoms with van der Waals surface area (Å²) in [5.41, 5.74) is 1.31. The highest BCUT2D eigenvalue weighted by atomic mass is 31.1. The van der Waals surface area contributed by atoms with Gasteiger partial charge in [-0.05, 0) is 11.5 Å². The van der Waals surface area contributed by atoms with Gasteiger partial charge >= 0.3 is 0 Å². The van der Waals surface area contributed by atoms with Crippen molar-refractivity contribution in [1.82, 2.24) is 9.78 Å². The molecule has 2 nitrogen and oxygen atoms in total. The smallest absolute Gasteiger partial charge is 0.0524 e. The van der Waals surface area contributed by atoms with Crippen LogP contribution in [-0.2, 0) is 6.54 Å². The van der Waals surface area contributed by atoms with E-state index in [1.165, 1.54) is 5.56 Å². The molecule has 68 valence electrons. The molecule has 0 saturated heterocycles. The van der Waals surface area contributed by atoms with E-state index in [4.69, 9.17) is 0 Å². The molecule has 0 amide bonds. The van der Waals surface area contributed by atoms with E-state index in [0.29, 0.717) is 11.3 Å². The van der Waals surface area contributed by atoms with Crippen molar-refractivity contribution in [3.8, 4) is 0 Å². The summed E-state index contributed by atoms with van der Waals surface area (Å²) in [6.07, 6.45) is 4.06. The Morgan fingerprint density at radius 1 is 1.50 bits per heavy atom. The highest BCUT2D eigenvalue weighted by Gasteiger charge is 2.03. The zero-order valence-electron chi connectivity index (χ0n) is 7.57. The van der Waals surface area contributed by atoms with Crippen LogP contribution in [0.5, 0.6) is 0 Å². The predicted molar refractivity (Wildman–Crippen MR) is 59.5 cm³/mol. The van der Waals surface area contributed by atoms with Gasteiger partial charge in [-0.3, -0.25) is 4.68 Å². The quantitative estimate of drug-likeness (QED) is 0.686. The van der Waals surface area contributed by atoms with Crippen LogP contribution in [0, 0.1) is 0 Å². The van der Waals surface area contributed by atoms with Gasteiger partial charge < -0.3 is 0 Å². The van der Waals surface area contributed by atoms with Gasteiger partial charge in [-0.1, -0.05) is 13.8 Å². The van der Waals surface area contributed by atoms with E-state index >= 15 is 0 Å². The van der Waals surface area contributed by atoms with Gasteiger partial charge in [0.25, 0.3) is 0 Å². The van der Waals surface area contributed by atoms with Crippen molar-refractivity contribution < 1.29 is 0 Å². The van der Waals surface area contributed by atoms with E-state index in [2.05, 4.69) is 43.6 Å². The molecule has 0 N–H and O–H groups in total. The Kier molecular flexibility index (Phi) is 3.68. The molecule has 0 saturated carbocycles. The lowest BCUT2D eigenvalue weighted by Crippen LogP contribution is -2.03. The van der Waals surface area contributed by atoms with E-state index in [1.807, 2.05) is 10.9 Å². The van der Waals surface area contributed by atoms with E-state index in [-0.39, 0.29) is 0 Å². The van der Waals surface area contributed by atoms with Crippen LogP contribution in [0.3, 0.4) is 0 Å². The van der Waals surface area contributed by atoms with Gasteiger partial charge in [0.2, 0.25) is 0 Å². The van der Waals surface area contributed by atoms with E-state index in [0.717, 1.165) is 6.54 Å². The van der Waals surface area contributed by atoms with Gasteiger partial charge in [0, 0.05) is 11.6 Å². The molecule has 1 aromatic rings. The maximum atomic E-state index is 4.27. The van der Waals surface area contributed by atoms with Crippen LogP contribution in [0.15, 0.2) is 12.4 Å². The summed E-state index contributed by atoms with van der Waals surface area (Å²) in [5.74, 6) is 0.575. The Bertz CT molecular complexity index is 243. The van der Waals surface area contributed by atoms with Crippen LogP contribution in [0.25, 0.3) is 0 Å². The minimum Gasteiger partial charge on any atom is -0.272 e. The molecule has 1 heterocycles. The van der Waals surface area contributed by atoms with Crippen LogP contribution < -0.4 is 0 Å². The van der Waals surface area contributed by atoms with Gasteiger partial charge in [-0.15, -0.1) is 18.5 Å². The van der Waals surface area contributed by atoms with Crippen molar-refractivity contribution >= 4 is 18.5 Å². The third kappa shape index (κ3) is 2.84. The molecule has 12 heavy (non-hydrogen) atoms. The fourth-order valence-electron chi connectivity index (χ4n) is 0.994. The lowest BCUT2D eigenvalue weighted by molar-refractivity contribution is 0.651. The molecule has 0 aliphatic rings. The van der Waals surface area contributed by atoms with Crippen molar-refractivity contribution in [3.63, 3.8) is 0 Å². The molecule has 1 aromatic heterocycles. The van der Waals surface area contributed by atoms with Crippen molar-refractivity contribution in [2.45, 2.75) is 31.7 Å². The molecular weight excluding hydrogens is 186 g/mol. The van der Waals surface area contributed by atoms with Crippen LogP contribution >= 0.6 is 18.5 Å².